The molecule has 8 nitrogen and oxygen atoms in total. The molecule has 1 aromatic rings. The SMILES string of the molecule is CS(=O)(=O)NCC(=O)N1CC(Cc2ccccc2)(C(=O)N2CCOCC2)C1. The van der Waals surface area contributed by atoms with Crippen molar-refractivity contribution in [3.8, 4) is 0 Å². The van der Waals surface area contributed by atoms with Gasteiger partial charge in [0.1, 0.15) is 0 Å². The number of carbonyl (C=O) groups is 2. The van der Waals surface area contributed by atoms with Crippen LogP contribution in [0.2, 0.25) is 0 Å². The number of nitrogens with one attached hydrogen (secondary N) is 1. The van der Waals surface area contributed by atoms with Crippen LogP contribution in [0.3, 0.4) is 0 Å². The molecule has 0 atom stereocenters. The molecule has 2 amide bonds. The van der Waals surface area contributed by atoms with Gasteiger partial charge in [-0.1, -0.05) is 30.3 Å². The van der Waals surface area contributed by atoms with Crippen molar-refractivity contribution >= 4 is 21.8 Å². The molecule has 0 saturated carbocycles. The average Bonchev–Trinajstić information content (AvgIpc) is 2.63. The molecule has 0 bridgehead atoms. The summed E-state index contributed by atoms with van der Waals surface area (Å²) in [6.45, 7) is 2.46. The molecular weight excluding hydrogens is 370 g/mol. The smallest absolute Gasteiger partial charge is 0.237 e. The van der Waals surface area contributed by atoms with Crippen LogP contribution in [-0.4, -0.2) is 82.2 Å². The van der Waals surface area contributed by atoms with Gasteiger partial charge in [0.05, 0.1) is 31.4 Å². The average molecular weight is 395 g/mol. The third kappa shape index (κ3) is 4.85. The number of nitrogens with zero attached hydrogens (tertiary/aromatic N) is 2. The highest BCUT2D eigenvalue weighted by Crippen LogP contribution is 2.36. The summed E-state index contributed by atoms with van der Waals surface area (Å²) in [5.41, 5.74) is 0.375. The van der Waals surface area contributed by atoms with E-state index in [0.29, 0.717) is 45.8 Å². The van der Waals surface area contributed by atoms with Gasteiger partial charge in [-0.2, -0.15) is 0 Å². The zero-order valence-corrected chi connectivity index (χ0v) is 16.2. The lowest BCUT2D eigenvalue weighted by molar-refractivity contribution is -0.163. The fourth-order valence-electron chi connectivity index (χ4n) is 3.58. The fraction of sp³-hybridized carbons (Fsp3) is 0.556. The van der Waals surface area contributed by atoms with Crippen molar-refractivity contribution in [1.82, 2.24) is 14.5 Å². The first-order valence-corrected chi connectivity index (χ1v) is 10.8. The highest BCUT2D eigenvalue weighted by atomic mass is 32.2. The third-order valence-electron chi connectivity index (χ3n) is 4.96. The minimum atomic E-state index is -3.43. The molecule has 2 fully saturated rings. The summed E-state index contributed by atoms with van der Waals surface area (Å²) in [5.74, 6) is -0.284. The van der Waals surface area contributed by atoms with Crippen LogP contribution in [-0.2, 0) is 30.8 Å². The van der Waals surface area contributed by atoms with E-state index in [1.54, 1.807) is 4.90 Å². The number of carbonyl (C=O) groups excluding carboxylic acids is 2. The second-order valence-electron chi connectivity index (χ2n) is 7.19. The fourth-order valence-corrected chi connectivity index (χ4v) is 3.96. The molecule has 2 saturated heterocycles. The summed E-state index contributed by atoms with van der Waals surface area (Å²) in [4.78, 5) is 28.8. The predicted octanol–water partition coefficient (Wildman–Crippen LogP) is -0.534. The van der Waals surface area contributed by atoms with Crippen LogP contribution in [0.1, 0.15) is 5.56 Å². The molecule has 3 rings (SSSR count). The first-order valence-electron chi connectivity index (χ1n) is 8.93. The molecule has 0 aromatic heterocycles. The summed E-state index contributed by atoms with van der Waals surface area (Å²) in [6, 6.07) is 9.74. The van der Waals surface area contributed by atoms with E-state index in [1.807, 2.05) is 35.2 Å². The predicted molar refractivity (Wildman–Crippen MR) is 99.4 cm³/mol. The van der Waals surface area contributed by atoms with Gasteiger partial charge >= 0.3 is 0 Å². The van der Waals surface area contributed by atoms with Crippen molar-refractivity contribution in [3.63, 3.8) is 0 Å². The quantitative estimate of drug-likeness (QED) is 0.698. The van der Waals surface area contributed by atoms with Gasteiger partial charge in [0.25, 0.3) is 0 Å². The molecular formula is C18H25N3O5S. The van der Waals surface area contributed by atoms with E-state index >= 15 is 0 Å². The van der Waals surface area contributed by atoms with Crippen molar-refractivity contribution in [2.24, 2.45) is 5.41 Å². The molecule has 1 N–H and O–H groups in total. The molecule has 2 heterocycles. The molecule has 0 aliphatic carbocycles. The lowest BCUT2D eigenvalue weighted by Gasteiger charge is -2.51. The van der Waals surface area contributed by atoms with Crippen LogP contribution >= 0.6 is 0 Å². The minimum absolute atomic E-state index is 0.0368. The van der Waals surface area contributed by atoms with Crippen molar-refractivity contribution in [2.75, 3.05) is 52.2 Å². The van der Waals surface area contributed by atoms with Crippen molar-refractivity contribution in [1.29, 1.82) is 0 Å². The van der Waals surface area contributed by atoms with Gasteiger partial charge in [-0.3, -0.25) is 9.59 Å². The van der Waals surface area contributed by atoms with E-state index < -0.39 is 15.4 Å². The monoisotopic (exact) mass is 395 g/mol. The van der Waals surface area contributed by atoms with Gasteiger partial charge in [-0.05, 0) is 12.0 Å². The Morgan fingerprint density at radius 2 is 1.74 bits per heavy atom. The Kier molecular flexibility index (Phi) is 5.83. The van der Waals surface area contributed by atoms with Gasteiger partial charge in [-0.25, -0.2) is 13.1 Å². The Labute approximate surface area is 159 Å². The zero-order valence-electron chi connectivity index (χ0n) is 15.4. The van der Waals surface area contributed by atoms with Gasteiger partial charge in [-0.15, -0.1) is 0 Å². The third-order valence-corrected chi connectivity index (χ3v) is 5.63. The van der Waals surface area contributed by atoms with Crippen LogP contribution in [0.25, 0.3) is 0 Å². The van der Waals surface area contributed by atoms with Crippen LogP contribution in [0.15, 0.2) is 30.3 Å². The molecule has 2 aliphatic rings. The van der Waals surface area contributed by atoms with E-state index in [4.69, 9.17) is 4.74 Å². The maximum Gasteiger partial charge on any atom is 0.237 e. The summed E-state index contributed by atoms with van der Waals surface area (Å²) in [5, 5.41) is 0. The molecule has 1 aromatic carbocycles. The number of rotatable bonds is 6. The lowest BCUT2D eigenvalue weighted by atomic mass is 9.73. The normalized spacial score (nSPS) is 19.4. The summed E-state index contributed by atoms with van der Waals surface area (Å²) < 4.78 is 29.9. The minimum Gasteiger partial charge on any atom is -0.378 e. The molecule has 27 heavy (non-hydrogen) atoms. The van der Waals surface area contributed by atoms with Gasteiger partial charge in [0.15, 0.2) is 0 Å². The molecule has 0 spiro atoms. The Bertz CT molecular complexity index is 784. The number of benzene rings is 1. The van der Waals surface area contributed by atoms with Crippen molar-refractivity contribution in [2.45, 2.75) is 6.42 Å². The number of hydrogen-bond acceptors (Lipinski definition) is 5. The summed E-state index contributed by atoms with van der Waals surface area (Å²) in [6.07, 6.45) is 1.56. The van der Waals surface area contributed by atoms with Gasteiger partial charge in [0.2, 0.25) is 21.8 Å². The Morgan fingerprint density at radius 3 is 2.33 bits per heavy atom. The summed E-state index contributed by atoms with van der Waals surface area (Å²) in [7, 11) is -3.43. The van der Waals surface area contributed by atoms with Crippen LogP contribution < -0.4 is 4.72 Å². The molecule has 0 unspecified atom stereocenters. The second-order valence-corrected chi connectivity index (χ2v) is 9.02. The molecule has 9 heteroatoms. The van der Waals surface area contributed by atoms with Gasteiger partial charge in [0, 0.05) is 26.2 Å². The first kappa shape index (κ1) is 19.8. The van der Waals surface area contributed by atoms with Crippen LogP contribution in [0, 0.1) is 5.41 Å². The number of hydrogen-bond donors (Lipinski definition) is 1. The van der Waals surface area contributed by atoms with Gasteiger partial charge < -0.3 is 14.5 Å². The van der Waals surface area contributed by atoms with E-state index in [1.165, 1.54) is 0 Å². The maximum absolute atomic E-state index is 13.2. The highest BCUT2D eigenvalue weighted by molar-refractivity contribution is 7.88. The highest BCUT2D eigenvalue weighted by Gasteiger charge is 2.52. The lowest BCUT2D eigenvalue weighted by Crippen LogP contribution is -2.67. The number of ether oxygens (including phenoxy) is 1. The summed E-state index contributed by atoms with van der Waals surface area (Å²) >= 11 is 0. The molecule has 0 radical (unpaired) electrons. The standard InChI is InChI=1S/C18H25N3O5S/c1-27(24,25)19-12-16(22)21-13-18(14-21,11-15-5-3-2-4-6-15)17(23)20-7-9-26-10-8-20/h2-6,19H,7-14H2,1H3. The topological polar surface area (TPSA) is 96.0 Å². The number of likely N-dealkylation sites (tertiary alicyclic amines) is 1. The number of morpholine rings is 1. The molecule has 2 aliphatic heterocycles. The van der Waals surface area contributed by atoms with Crippen molar-refractivity contribution in [3.05, 3.63) is 35.9 Å². The largest absolute Gasteiger partial charge is 0.378 e. The Morgan fingerprint density at radius 1 is 1.11 bits per heavy atom. The Balaban J connectivity index is 1.70. The van der Waals surface area contributed by atoms with E-state index in [0.717, 1.165) is 11.8 Å². The van der Waals surface area contributed by atoms with Crippen LogP contribution in [0.4, 0.5) is 0 Å². The second kappa shape index (κ2) is 7.95. The zero-order chi connectivity index (χ0) is 19.5. The molecule has 148 valence electrons. The maximum atomic E-state index is 13.2. The number of amides is 2. The van der Waals surface area contributed by atoms with E-state index in [9.17, 15) is 18.0 Å². The van der Waals surface area contributed by atoms with E-state index in [2.05, 4.69) is 4.72 Å². The van der Waals surface area contributed by atoms with Crippen molar-refractivity contribution < 1.29 is 22.7 Å². The Hall–Kier alpha value is -1.97. The van der Waals surface area contributed by atoms with E-state index in [-0.39, 0.29) is 18.4 Å². The first-order chi connectivity index (χ1) is 12.8. The number of sulfonamides is 1. The van der Waals surface area contributed by atoms with Crippen LogP contribution in [0.5, 0.6) is 0 Å².